The Hall–Kier alpha value is 0.210. The molecule has 1 aliphatic rings. The molecular weight excluding hydrogens is 162 g/mol. The first-order valence-corrected chi connectivity index (χ1v) is 4.40. The van der Waals surface area contributed by atoms with E-state index in [1.807, 2.05) is 11.3 Å². The second kappa shape index (κ2) is 2.92. The number of hydrogen-bond acceptors (Lipinski definition) is 2. The molecule has 1 heterocycles. The zero-order chi connectivity index (χ0) is 8.65. The number of rotatable bonds is 0. The lowest BCUT2D eigenvalue weighted by atomic mass is 9.88. The smallest absolute Gasteiger partial charge is 0.0573 e. The molecular formula is C8H16ClNO. The van der Waals surface area contributed by atoms with Gasteiger partial charge in [0.2, 0.25) is 0 Å². The number of nitrogens with zero attached hydrogens (tertiary/aromatic N) is 1. The minimum atomic E-state index is -0.185. The molecule has 0 amide bonds. The molecule has 0 aromatic rings. The minimum Gasteiger partial charge on any atom is -0.393 e. The fourth-order valence-electron chi connectivity index (χ4n) is 1.83. The van der Waals surface area contributed by atoms with E-state index in [0.717, 1.165) is 12.8 Å². The van der Waals surface area contributed by atoms with Crippen molar-refractivity contribution < 1.29 is 5.11 Å². The topological polar surface area (TPSA) is 23.5 Å². The van der Waals surface area contributed by atoms with E-state index in [1.54, 1.807) is 0 Å². The lowest BCUT2D eigenvalue weighted by Gasteiger charge is -2.43. The molecule has 3 heteroatoms. The van der Waals surface area contributed by atoms with Gasteiger partial charge < -0.3 is 5.11 Å². The first-order chi connectivity index (χ1) is 4.93. The number of aliphatic hydroxyl groups is 1. The molecule has 1 N–H and O–H groups in total. The molecule has 2 nitrogen and oxygen atoms in total. The van der Waals surface area contributed by atoms with E-state index < -0.39 is 0 Å². The molecule has 2 atom stereocenters. The van der Waals surface area contributed by atoms with Crippen molar-refractivity contribution >= 4 is 11.8 Å². The van der Waals surface area contributed by atoms with Gasteiger partial charge in [0, 0.05) is 11.6 Å². The summed E-state index contributed by atoms with van der Waals surface area (Å²) in [4.78, 5) is 0. The minimum absolute atomic E-state index is 0.0708. The standard InChI is InChI=1S/C8H16ClNO/c1-6-4-7(11)5-8(2,3)10(6)9/h6-7,11H,4-5H2,1-3H3. The summed E-state index contributed by atoms with van der Waals surface area (Å²) in [5.74, 6) is 0. The van der Waals surface area contributed by atoms with Crippen LogP contribution in [-0.4, -0.2) is 27.2 Å². The Morgan fingerprint density at radius 3 is 2.55 bits per heavy atom. The first-order valence-electron chi connectivity index (χ1n) is 4.06. The van der Waals surface area contributed by atoms with Gasteiger partial charge in [-0.25, -0.2) is 4.42 Å². The molecule has 0 aromatic carbocycles. The van der Waals surface area contributed by atoms with Crippen LogP contribution >= 0.6 is 11.8 Å². The lowest BCUT2D eigenvalue weighted by Crippen LogP contribution is -2.50. The predicted molar refractivity (Wildman–Crippen MR) is 46.5 cm³/mol. The van der Waals surface area contributed by atoms with Gasteiger partial charge in [0.15, 0.2) is 0 Å². The Morgan fingerprint density at radius 1 is 1.55 bits per heavy atom. The summed E-state index contributed by atoms with van der Waals surface area (Å²) in [6.45, 7) is 6.15. The van der Waals surface area contributed by atoms with Crippen LogP contribution in [-0.2, 0) is 0 Å². The molecule has 1 saturated heterocycles. The number of aliphatic hydroxyl groups excluding tert-OH is 1. The van der Waals surface area contributed by atoms with E-state index in [1.165, 1.54) is 0 Å². The molecule has 0 bridgehead atoms. The zero-order valence-electron chi connectivity index (χ0n) is 7.34. The quantitative estimate of drug-likeness (QED) is 0.570. The maximum absolute atomic E-state index is 9.45. The Labute approximate surface area is 73.3 Å². The molecule has 2 unspecified atom stereocenters. The van der Waals surface area contributed by atoms with Gasteiger partial charge in [0.1, 0.15) is 0 Å². The van der Waals surface area contributed by atoms with Gasteiger partial charge in [-0.05, 0) is 45.4 Å². The average molecular weight is 178 g/mol. The lowest BCUT2D eigenvalue weighted by molar-refractivity contribution is 0.0165. The molecule has 0 radical (unpaired) electrons. The van der Waals surface area contributed by atoms with E-state index in [2.05, 4.69) is 13.8 Å². The summed E-state index contributed by atoms with van der Waals surface area (Å²) in [5, 5.41) is 9.45. The predicted octanol–water partition coefficient (Wildman–Crippen LogP) is 1.76. The van der Waals surface area contributed by atoms with Crippen molar-refractivity contribution in [2.24, 2.45) is 0 Å². The summed E-state index contributed by atoms with van der Waals surface area (Å²) in [5.41, 5.74) is -0.0708. The van der Waals surface area contributed by atoms with Gasteiger partial charge in [-0.3, -0.25) is 0 Å². The highest BCUT2D eigenvalue weighted by atomic mass is 35.5. The molecule has 1 rings (SSSR count). The summed E-state index contributed by atoms with van der Waals surface area (Å²) in [6.07, 6.45) is 1.36. The first kappa shape index (κ1) is 9.30. The average Bonchev–Trinajstić information content (AvgIpc) is 1.81. The second-order valence-corrected chi connectivity index (χ2v) is 4.43. The SMILES string of the molecule is CC1CC(O)CC(C)(C)N1Cl. The zero-order valence-corrected chi connectivity index (χ0v) is 8.10. The molecule has 0 saturated carbocycles. The van der Waals surface area contributed by atoms with Gasteiger partial charge in [-0.1, -0.05) is 0 Å². The van der Waals surface area contributed by atoms with Gasteiger partial charge in [0.05, 0.1) is 6.10 Å². The van der Waals surface area contributed by atoms with Crippen LogP contribution in [0.3, 0.4) is 0 Å². The largest absolute Gasteiger partial charge is 0.393 e. The van der Waals surface area contributed by atoms with E-state index in [4.69, 9.17) is 11.8 Å². The van der Waals surface area contributed by atoms with E-state index in [0.29, 0.717) is 0 Å². The summed E-state index contributed by atoms with van der Waals surface area (Å²) >= 11 is 6.05. The van der Waals surface area contributed by atoms with Gasteiger partial charge in [0.25, 0.3) is 0 Å². The van der Waals surface area contributed by atoms with Crippen LogP contribution in [0.5, 0.6) is 0 Å². The molecule has 66 valence electrons. The molecule has 11 heavy (non-hydrogen) atoms. The van der Waals surface area contributed by atoms with E-state index in [9.17, 15) is 5.11 Å². The number of hydrogen-bond donors (Lipinski definition) is 1. The third kappa shape index (κ3) is 1.86. The van der Waals surface area contributed by atoms with Crippen LogP contribution < -0.4 is 0 Å². The van der Waals surface area contributed by atoms with Crippen molar-refractivity contribution in [2.75, 3.05) is 0 Å². The molecule has 0 aliphatic carbocycles. The van der Waals surface area contributed by atoms with Crippen LogP contribution in [0.25, 0.3) is 0 Å². The maximum Gasteiger partial charge on any atom is 0.0573 e. The van der Waals surface area contributed by atoms with Gasteiger partial charge in [-0.15, -0.1) is 0 Å². The summed E-state index contributed by atoms with van der Waals surface area (Å²) in [6, 6.07) is 0.274. The van der Waals surface area contributed by atoms with Crippen LogP contribution in [0.4, 0.5) is 0 Å². The van der Waals surface area contributed by atoms with E-state index in [-0.39, 0.29) is 17.7 Å². The normalized spacial score (nSPS) is 39.0. The fraction of sp³-hybridized carbons (Fsp3) is 1.00. The van der Waals surface area contributed by atoms with Crippen molar-refractivity contribution in [2.45, 2.75) is 51.3 Å². The fourth-order valence-corrected chi connectivity index (χ4v) is 1.98. The Kier molecular flexibility index (Phi) is 2.47. The van der Waals surface area contributed by atoms with E-state index >= 15 is 0 Å². The Morgan fingerprint density at radius 2 is 2.09 bits per heavy atom. The second-order valence-electron chi connectivity index (χ2n) is 4.07. The maximum atomic E-state index is 9.45. The van der Waals surface area contributed by atoms with Crippen molar-refractivity contribution in [1.82, 2.24) is 4.42 Å². The van der Waals surface area contributed by atoms with Gasteiger partial charge >= 0.3 is 0 Å². The highest BCUT2D eigenvalue weighted by Gasteiger charge is 2.37. The Bertz CT molecular complexity index is 149. The van der Waals surface area contributed by atoms with Crippen molar-refractivity contribution in [3.05, 3.63) is 0 Å². The third-order valence-corrected chi connectivity index (χ3v) is 3.10. The highest BCUT2D eigenvalue weighted by molar-refractivity contribution is 6.14. The van der Waals surface area contributed by atoms with Crippen molar-refractivity contribution in [1.29, 1.82) is 0 Å². The number of halogens is 1. The molecule has 1 aliphatic heterocycles. The Balaban J connectivity index is 2.67. The van der Waals surface area contributed by atoms with Crippen LogP contribution in [0.1, 0.15) is 33.6 Å². The van der Waals surface area contributed by atoms with Crippen LogP contribution in [0.15, 0.2) is 0 Å². The van der Waals surface area contributed by atoms with Crippen LogP contribution in [0, 0.1) is 0 Å². The summed E-state index contributed by atoms with van der Waals surface area (Å²) in [7, 11) is 0. The van der Waals surface area contributed by atoms with Crippen molar-refractivity contribution in [3.63, 3.8) is 0 Å². The highest BCUT2D eigenvalue weighted by Crippen LogP contribution is 2.32. The molecule has 1 fully saturated rings. The third-order valence-electron chi connectivity index (χ3n) is 2.31. The number of piperidine rings is 1. The monoisotopic (exact) mass is 177 g/mol. The van der Waals surface area contributed by atoms with Crippen LogP contribution in [0.2, 0.25) is 0 Å². The van der Waals surface area contributed by atoms with Crippen molar-refractivity contribution in [3.8, 4) is 0 Å². The van der Waals surface area contributed by atoms with Gasteiger partial charge in [-0.2, -0.15) is 0 Å². The summed E-state index contributed by atoms with van der Waals surface area (Å²) < 4.78 is 1.82. The molecule has 0 aromatic heterocycles. The molecule has 0 spiro atoms.